The molecule has 2 saturated heterocycles. The first-order valence-corrected chi connectivity index (χ1v) is 9.45. The number of benzene rings is 1. The van der Waals surface area contributed by atoms with Crippen molar-refractivity contribution in [1.29, 1.82) is 0 Å². The van der Waals surface area contributed by atoms with E-state index in [4.69, 9.17) is 4.52 Å². The van der Waals surface area contributed by atoms with Gasteiger partial charge < -0.3 is 14.3 Å². The third kappa shape index (κ3) is 3.59. The van der Waals surface area contributed by atoms with Gasteiger partial charge in [-0.05, 0) is 25.3 Å². The van der Waals surface area contributed by atoms with Gasteiger partial charge in [0.25, 0.3) is 0 Å². The van der Waals surface area contributed by atoms with Crippen molar-refractivity contribution in [3.63, 3.8) is 0 Å². The van der Waals surface area contributed by atoms with E-state index in [1.165, 1.54) is 5.56 Å². The number of rotatable bonds is 4. The minimum absolute atomic E-state index is 0.0275. The summed E-state index contributed by atoms with van der Waals surface area (Å²) in [6, 6.07) is 8.01. The Bertz CT molecular complexity index is 845. The van der Waals surface area contributed by atoms with Gasteiger partial charge in [-0.3, -0.25) is 9.59 Å². The van der Waals surface area contributed by atoms with Gasteiger partial charge in [-0.25, -0.2) is 0 Å². The summed E-state index contributed by atoms with van der Waals surface area (Å²) in [5.74, 6) is 0.847. The van der Waals surface area contributed by atoms with Crippen LogP contribution in [0.1, 0.15) is 48.1 Å². The van der Waals surface area contributed by atoms with Gasteiger partial charge in [-0.2, -0.15) is 4.98 Å². The molecule has 0 bridgehead atoms. The average molecular weight is 368 g/mol. The van der Waals surface area contributed by atoms with Crippen LogP contribution in [0.25, 0.3) is 0 Å². The molecule has 27 heavy (non-hydrogen) atoms. The molecular formula is C20H24N4O3. The normalized spacial score (nSPS) is 22.7. The lowest BCUT2D eigenvalue weighted by atomic mass is 10.1. The molecule has 3 heterocycles. The van der Waals surface area contributed by atoms with Gasteiger partial charge in [0.2, 0.25) is 17.7 Å². The van der Waals surface area contributed by atoms with E-state index >= 15 is 0 Å². The number of hydrogen-bond donors (Lipinski definition) is 0. The van der Waals surface area contributed by atoms with E-state index in [2.05, 4.69) is 10.1 Å². The van der Waals surface area contributed by atoms with Crippen LogP contribution in [0, 0.1) is 19.8 Å². The van der Waals surface area contributed by atoms with Crippen LogP contribution >= 0.6 is 0 Å². The summed E-state index contributed by atoms with van der Waals surface area (Å²) < 4.78 is 5.08. The van der Waals surface area contributed by atoms with Crippen molar-refractivity contribution in [2.45, 2.75) is 45.7 Å². The zero-order chi connectivity index (χ0) is 19.0. The van der Waals surface area contributed by atoms with E-state index in [0.717, 1.165) is 18.4 Å². The zero-order valence-corrected chi connectivity index (χ0v) is 15.7. The van der Waals surface area contributed by atoms with Crippen molar-refractivity contribution >= 4 is 11.8 Å². The highest BCUT2D eigenvalue weighted by atomic mass is 16.5. The predicted octanol–water partition coefficient (Wildman–Crippen LogP) is 2.40. The van der Waals surface area contributed by atoms with E-state index in [1.807, 2.05) is 36.1 Å². The maximum Gasteiger partial charge on any atom is 0.228 e. The molecule has 2 unspecified atom stereocenters. The highest BCUT2D eigenvalue weighted by Gasteiger charge is 2.41. The van der Waals surface area contributed by atoms with Crippen LogP contribution in [-0.4, -0.2) is 44.8 Å². The van der Waals surface area contributed by atoms with Gasteiger partial charge in [0, 0.05) is 33.0 Å². The Hall–Kier alpha value is -2.70. The Morgan fingerprint density at radius 1 is 1.26 bits per heavy atom. The number of nitrogens with zero attached hydrogens (tertiary/aromatic N) is 4. The molecule has 2 aromatic rings. The van der Waals surface area contributed by atoms with Gasteiger partial charge >= 0.3 is 0 Å². The molecule has 0 aliphatic carbocycles. The lowest BCUT2D eigenvalue weighted by Crippen LogP contribution is -2.37. The molecule has 0 N–H and O–H groups in total. The molecule has 0 spiro atoms. The van der Waals surface area contributed by atoms with E-state index < -0.39 is 0 Å². The fourth-order valence-corrected chi connectivity index (χ4v) is 3.99. The van der Waals surface area contributed by atoms with Gasteiger partial charge in [-0.15, -0.1) is 0 Å². The number of hydrogen-bond acceptors (Lipinski definition) is 5. The van der Waals surface area contributed by atoms with Crippen LogP contribution in [0.2, 0.25) is 0 Å². The van der Waals surface area contributed by atoms with Crippen molar-refractivity contribution in [3.8, 4) is 0 Å². The molecule has 7 nitrogen and oxygen atoms in total. The number of amides is 2. The summed E-state index contributed by atoms with van der Waals surface area (Å²) in [7, 11) is 0. The summed E-state index contributed by atoms with van der Waals surface area (Å²) in [6.45, 7) is 5.49. The number of aromatic nitrogens is 2. The largest absolute Gasteiger partial charge is 0.340 e. The highest BCUT2D eigenvalue weighted by molar-refractivity contribution is 5.89. The van der Waals surface area contributed by atoms with Gasteiger partial charge in [0.05, 0.1) is 12.0 Å². The molecule has 1 aromatic heterocycles. The third-order valence-corrected chi connectivity index (χ3v) is 5.43. The van der Waals surface area contributed by atoms with Crippen molar-refractivity contribution in [1.82, 2.24) is 19.9 Å². The first-order chi connectivity index (χ1) is 13.0. The van der Waals surface area contributed by atoms with Crippen LogP contribution in [0.3, 0.4) is 0 Å². The average Bonchev–Trinajstić information content (AvgIpc) is 3.37. The molecule has 2 aliphatic heterocycles. The lowest BCUT2D eigenvalue weighted by Gasteiger charge is -2.25. The topological polar surface area (TPSA) is 79.5 Å². The standard InChI is InChI=1S/C20H24N4O3/c1-13-5-7-15(8-6-13)11-23-12-16(10-18(23)25)20(26)24-9-3-4-17(24)19-21-14(2)27-22-19/h5-8,16-17H,3-4,9-12H2,1-2H3. The second kappa shape index (κ2) is 7.13. The van der Waals surface area contributed by atoms with E-state index in [-0.39, 0.29) is 30.2 Å². The summed E-state index contributed by atoms with van der Waals surface area (Å²) in [6.07, 6.45) is 2.02. The Labute approximate surface area is 158 Å². The maximum absolute atomic E-state index is 13.1. The molecule has 2 amide bonds. The fraction of sp³-hybridized carbons (Fsp3) is 0.500. The molecule has 2 atom stereocenters. The molecule has 0 radical (unpaired) electrons. The van der Waals surface area contributed by atoms with Crippen LogP contribution < -0.4 is 0 Å². The molecule has 4 rings (SSSR count). The van der Waals surface area contributed by atoms with E-state index in [9.17, 15) is 9.59 Å². The maximum atomic E-state index is 13.1. The minimum Gasteiger partial charge on any atom is -0.340 e. The molecule has 2 fully saturated rings. The Morgan fingerprint density at radius 3 is 2.74 bits per heavy atom. The lowest BCUT2D eigenvalue weighted by molar-refractivity contribution is -0.136. The summed E-state index contributed by atoms with van der Waals surface area (Å²) in [5.41, 5.74) is 2.28. The van der Waals surface area contributed by atoms with Crippen molar-refractivity contribution < 1.29 is 14.1 Å². The van der Waals surface area contributed by atoms with Crippen LogP contribution in [-0.2, 0) is 16.1 Å². The molecule has 1 aromatic carbocycles. The molecule has 142 valence electrons. The molecule has 2 aliphatic rings. The Kier molecular flexibility index (Phi) is 4.68. The summed E-state index contributed by atoms with van der Waals surface area (Å²) in [5, 5.41) is 3.99. The quantitative estimate of drug-likeness (QED) is 0.828. The van der Waals surface area contributed by atoms with Crippen molar-refractivity contribution in [2.75, 3.05) is 13.1 Å². The smallest absolute Gasteiger partial charge is 0.228 e. The van der Waals surface area contributed by atoms with E-state index in [1.54, 1.807) is 11.8 Å². The third-order valence-electron chi connectivity index (χ3n) is 5.43. The molecule has 0 saturated carbocycles. The second-order valence-corrected chi connectivity index (χ2v) is 7.52. The van der Waals surface area contributed by atoms with Crippen molar-refractivity contribution in [2.24, 2.45) is 5.92 Å². The predicted molar refractivity (Wildman–Crippen MR) is 97.4 cm³/mol. The van der Waals surface area contributed by atoms with Crippen LogP contribution in [0.5, 0.6) is 0 Å². The van der Waals surface area contributed by atoms with Crippen LogP contribution in [0.15, 0.2) is 28.8 Å². The minimum atomic E-state index is -0.295. The number of carbonyl (C=O) groups excluding carboxylic acids is 2. The van der Waals surface area contributed by atoms with Crippen LogP contribution in [0.4, 0.5) is 0 Å². The SMILES string of the molecule is Cc1ccc(CN2CC(C(=O)N3CCCC3c3noc(C)n3)CC2=O)cc1. The summed E-state index contributed by atoms with van der Waals surface area (Å²) in [4.78, 5) is 33.4. The molecule has 7 heteroatoms. The van der Waals surface area contributed by atoms with Gasteiger partial charge in [0.15, 0.2) is 5.82 Å². The molecular weight excluding hydrogens is 344 g/mol. The van der Waals surface area contributed by atoms with Gasteiger partial charge in [0.1, 0.15) is 0 Å². The fourth-order valence-electron chi connectivity index (χ4n) is 3.99. The van der Waals surface area contributed by atoms with Crippen molar-refractivity contribution in [3.05, 3.63) is 47.1 Å². The zero-order valence-electron chi connectivity index (χ0n) is 15.7. The number of aryl methyl sites for hydroxylation is 2. The highest BCUT2D eigenvalue weighted by Crippen LogP contribution is 2.33. The van der Waals surface area contributed by atoms with Gasteiger partial charge in [-0.1, -0.05) is 35.0 Å². The Morgan fingerprint density at radius 2 is 2.04 bits per heavy atom. The monoisotopic (exact) mass is 368 g/mol. The van der Waals surface area contributed by atoms with E-state index in [0.29, 0.717) is 31.3 Å². The second-order valence-electron chi connectivity index (χ2n) is 7.52. The first-order valence-electron chi connectivity index (χ1n) is 9.45. The number of likely N-dealkylation sites (tertiary alicyclic amines) is 2. The number of carbonyl (C=O) groups is 2. The first kappa shape index (κ1) is 17.7. The summed E-state index contributed by atoms with van der Waals surface area (Å²) >= 11 is 0. The Balaban J connectivity index is 1.43.